The molecular formula is C23H26N4O2. The molecule has 0 saturated carbocycles. The first-order chi connectivity index (χ1) is 14.2. The molecule has 1 saturated heterocycles. The third-order valence-electron chi connectivity index (χ3n) is 5.37. The molecule has 1 aliphatic rings. The molecule has 0 unspecified atom stereocenters. The Morgan fingerprint density at radius 2 is 1.45 bits per heavy atom. The number of carbonyl (C=O) groups is 1. The zero-order chi connectivity index (χ0) is 20.1. The monoisotopic (exact) mass is 390 g/mol. The maximum absolute atomic E-state index is 13.5. The lowest BCUT2D eigenvalue weighted by Gasteiger charge is -2.36. The second-order valence-corrected chi connectivity index (χ2v) is 7.30. The predicted molar refractivity (Wildman–Crippen MR) is 110 cm³/mol. The minimum atomic E-state index is -0.271. The van der Waals surface area contributed by atoms with E-state index in [1.165, 1.54) is 0 Å². The summed E-state index contributed by atoms with van der Waals surface area (Å²) in [5.41, 5.74) is 2.06. The normalized spacial score (nSPS) is 15.0. The largest absolute Gasteiger partial charge is 0.424 e. The van der Waals surface area contributed by atoms with Gasteiger partial charge in [-0.05, 0) is 11.1 Å². The van der Waals surface area contributed by atoms with Crippen molar-refractivity contribution >= 4 is 5.91 Å². The molecule has 1 aromatic heterocycles. The first kappa shape index (κ1) is 19.3. The molecule has 2 heterocycles. The SMILES string of the molecule is CCc1nnc(CN2CCN(C(=O)C(c3ccccc3)c3ccccc3)CC2)o1. The van der Waals surface area contributed by atoms with Gasteiger partial charge in [0.15, 0.2) is 0 Å². The lowest BCUT2D eigenvalue weighted by Crippen LogP contribution is -2.49. The first-order valence-corrected chi connectivity index (χ1v) is 10.2. The molecule has 4 rings (SSSR count). The average molecular weight is 390 g/mol. The van der Waals surface area contributed by atoms with Crippen LogP contribution in [0.3, 0.4) is 0 Å². The van der Waals surface area contributed by atoms with Gasteiger partial charge in [-0.3, -0.25) is 9.69 Å². The van der Waals surface area contributed by atoms with Crippen LogP contribution in [0.5, 0.6) is 0 Å². The van der Waals surface area contributed by atoms with Crippen molar-refractivity contribution in [2.45, 2.75) is 25.8 Å². The molecule has 3 aromatic rings. The molecule has 0 radical (unpaired) electrons. The van der Waals surface area contributed by atoms with Gasteiger partial charge >= 0.3 is 0 Å². The van der Waals surface area contributed by atoms with Crippen LogP contribution in [-0.2, 0) is 17.8 Å². The van der Waals surface area contributed by atoms with Gasteiger partial charge in [0.1, 0.15) is 0 Å². The molecule has 0 N–H and O–H groups in total. The molecule has 6 nitrogen and oxygen atoms in total. The van der Waals surface area contributed by atoms with Crippen molar-refractivity contribution < 1.29 is 9.21 Å². The van der Waals surface area contributed by atoms with Crippen molar-refractivity contribution in [2.24, 2.45) is 0 Å². The number of rotatable bonds is 6. The molecule has 150 valence electrons. The number of benzene rings is 2. The minimum absolute atomic E-state index is 0.160. The van der Waals surface area contributed by atoms with Gasteiger partial charge in [0.25, 0.3) is 0 Å². The molecular weight excluding hydrogens is 364 g/mol. The minimum Gasteiger partial charge on any atom is -0.424 e. The number of carbonyl (C=O) groups excluding carboxylic acids is 1. The van der Waals surface area contributed by atoms with Crippen LogP contribution < -0.4 is 0 Å². The van der Waals surface area contributed by atoms with Crippen LogP contribution in [0.25, 0.3) is 0 Å². The van der Waals surface area contributed by atoms with Crippen LogP contribution >= 0.6 is 0 Å². The number of piperazine rings is 1. The molecule has 29 heavy (non-hydrogen) atoms. The topological polar surface area (TPSA) is 62.5 Å². The van der Waals surface area contributed by atoms with Crippen LogP contribution in [-0.4, -0.2) is 52.1 Å². The molecule has 0 bridgehead atoms. The third-order valence-corrected chi connectivity index (χ3v) is 5.37. The zero-order valence-corrected chi connectivity index (χ0v) is 16.7. The van der Waals surface area contributed by atoms with Crippen molar-refractivity contribution in [3.05, 3.63) is 83.6 Å². The Kier molecular flexibility index (Phi) is 6.00. The standard InChI is InChI=1S/C23H26N4O2/c1-2-20-24-25-21(29-20)17-26-13-15-27(16-14-26)23(28)22(18-9-5-3-6-10-18)19-11-7-4-8-12-19/h3-12,22H,2,13-17H2,1H3. The van der Waals surface area contributed by atoms with Gasteiger partial charge < -0.3 is 9.32 Å². The summed E-state index contributed by atoms with van der Waals surface area (Å²) in [5, 5.41) is 8.13. The Morgan fingerprint density at radius 3 is 1.97 bits per heavy atom. The summed E-state index contributed by atoms with van der Waals surface area (Å²) in [5.74, 6) is 1.20. The van der Waals surface area contributed by atoms with Gasteiger partial charge in [-0.2, -0.15) is 0 Å². The Bertz CT molecular complexity index is 879. The number of hydrogen-bond acceptors (Lipinski definition) is 5. The summed E-state index contributed by atoms with van der Waals surface area (Å²) >= 11 is 0. The summed E-state index contributed by atoms with van der Waals surface area (Å²) in [6.07, 6.45) is 0.746. The van der Waals surface area contributed by atoms with Crippen LogP contribution in [0.4, 0.5) is 0 Å². The highest BCUT2D eigenvalue weighted by Crippen LogP contribution is 2.27. The fourth-order valence-electron chi connectivity index (χ4n) is 3.76. The van der Waals surface area contributed by atoms with Crippen LogP contribution in [0.2, 0.25) is 0 Å². The van der Waals surface area contributed by atoms with Gasteiger partial charge in [0, 0.05) is 32.6 Å². The van der Waals surface area contributed by atoms with E-state index in [2.05, 4.69) is 15.1 Å². The molecule has 1 amide bonds. The van der Waals surface area contributed by atoms with Crippen LogP contribution in [0, 0.1) is 0 Å². The van der Waals surface area contributed by atoms with E-state index in [0.29, 0.717) is 31.4 Å². The predicted octanol–water partition coefficient (Wildman–Crippen LogP) is 3.11. The zero-order valence-electron chi connectivity index (χ0n) is 16.7. The molecule has 0 aliphatic carbocycles. The van der Waals surface area contributed by atoms with E-state index in [0.717, 1.165) is 30.6 Å². The smallest absolute Gasteiger partial charge is 0.234 e. The van der Waals surface area contributed by atoms with E-state index in [4.69, 9.17) is 4.42 Å². The molecule has 6 heteroatoms. The molecule has 2 aromatic carbocycles. The van der Waals surface area contributed by atoms with Crippen molar-refractivity contribution in [1.82, 2.24) is 20.0 Å². The number of aromatic nitrogens is 2. The van der Waals surface area contributed by atoms with E-state index in [9.17, 15) is 4.79 Å². The second-order valence-electron chi connectivity index (χ2n) is 7.30. The fraction of sp³-hybridized carbons (Fsp3) is 0.348. The van der Waals surface area contributed by atoms with E-state index in [1.807, 2.05) is 72.5 Å². The summed E-state index contributed by atoms with van der Waals surface area (Å²) in [6, 6.07) is 20.1. The summed E-state index contributed by atoms with van der Waals surface area (Å²) in [4.78, 5) is 17.7. The second kappa shape index (κ2) is 9.01. The van der Waals surface area contributed by atoms with Gasteiger partial charge in [-0.15, -0.1) is 10.2 Å². The van der Waals surface area contributed by atoms with Gasteiger partial charge in [-0.1, -0.05) is 67.6 Å². The van der Waals surface area contributed by atoms with E-state index in [-0.39, 0.29) is 11.8 Å². The number of aryl methyl sites for hydroxylation is 1. The van der Waals surface area contributed by atoms with E-state index >= 15 is 0 Å². The molecule has 0 spiro atoms. The maximum Gasteiger partial charge on any atom is 0.234 e. The van der Waals surface area contributed by atoms with Gasteiger partial charge in [0.2, 0.25) is 17.7 Å². The number of amides is 1. The highest BCUT2D eigenvalue weighted by atomic mass is 16.4. The number of nitrogens with zero attached hydrogens (tertiary/aromatic N) is 4. The quantitative estimate of drug-likeness (QED) is 0.647. The van der Waals surface area contributed by atoms with Crippen LogP contribution in [0.15, 0.2) is 65.1 Å². The van der Waals surface area contributed by atoms with Crippen molar-refractivity contribution in [2.75, 3.05) is 26.2 Å². The first-order valence-electron chi connectivity index (χ1n) is 10.2. The van der Waals surface area contributed by atoms with Crippen LogP contribution in [0.1, 0.15) is 35.7 Å². The maximum atomic E-state index is 13.5. The molecule has 1 fully saturated rings. The molecule has 0 atom stereocenters. The van der Waals surface area contributed by atoms with Crippen molar-refractivity contribution in [3.63, 3.8) is 0 Å². The highest BCUT2D eigenvalue weighted by molar-refractivity contribution is 5.87. The Balaban J connectivity index is 1.44. The van der Waals surface area contributed by atoms with E-state index in [1.54, 1.807) is 0 Å². The highest BCUT2D eigenvalue weighted by Gasteiger charge is 2.30. The third kappa shape index (κ3) is 4.54. The van der Waals surface area contributed by atoms with Gasteiger partial charge in [-0.25, -0.2) is 0 Å². The summed E-state index contributed by atoms with van der Waals surface area (Å²) in [7, 11) is 0. The van der Waals surface area contributed by atoms with Crippen molar-refractivity contribution in [3.8, 4) is 0 Å². The number of hydrogen-bond donors (Lipinski definition) is 0. The van der Waals surface area contributed by atoms with Gasteiger partial charge in [0.05, 0.1) is 12.5 Å². The molecule has 1 aliphatic heterocycles. The lowest BCUT2D eigenvalue weighted by molar-refractivity contribution is -0.133. The Labute approximate surface area is 171 Å². The Hall–Kier alpha value is -2.99. The fourth-order valence-corrected chi connectivity index (χ4v) is 3.76. The lowest BCUT2D eigenvalue weighted by atomic mass is 9.90. The average Bonchev–Trinajstić information content (AvgIpc) is 3.23. The summed E-state index contributed by atoms with van der Waals surface area (Å²) in [6.45, 7) is 5.62. The van der Waals surface area contributed by atoms with E-state index < -0.39 is 0 Å². The van der Waals surface area contributed by atoms with Crippen molar-refractivity contribution in [1.29, 1.82) is 0 Å². The summed E-state index contributed by atoms with van der Waals surface area (Å²) < 4.78 is 5.62. The Morgan fingerprint density at radius 1 is 0.897 bits per heavy atom.